The minimum Gasteiger partial charge on any atom is -0.438 e. The Morgan fingerprint density at radius 2 is 1.75 bits per heavy atom. The molecule has 2 aromatic carbocycles. The Morgan fingerprint density at radius 1 is 1.04 bits per heavy atom. The Morgan fingerprint density at radius 3 is 2.39 bits per heavy atom. The van der Waals surface area contributed by atoms with Crippen LogP contribution in [0.5, 0.6) is 11.6 Å². The number of nitrogens with one attached hydrogen (secondary N) is 1. The summed E-state index contributed by atoms with van der Waals surface area (Å²) in [4.78, 5) is 8.60. The largest absolute Gasteiger partial charge is 0.438 e. The van der Waals surface area contributed by atoms with Crippen LogP contribution in [0.25, 0.3) is 6.08 Å². The molecule has 1 aromatic heterocycles. The normalized spacial score (nSPS) is 10.3. The second-order valence-corrected chi connectivity index (χ2v) is 6.08. The maximum absolute atomic E-state index is 8.87. The lowest BCUT2D eigenvalue weighted by molar-refractivity contribution is 0.455. The highest BCUT2D eigenvalue weighted by Crippen LogP contribution is 2.30. The summed E-state index contributed by atoms with van der Waals surface area (Å²) in [7, 11) is 0. The van der Waals surface area contributed by atoms with E-state index in [9.17, 15) is 0 Å². The Kier molecular flexibility index (Phi) is 5.64. The van der Waals surface area contributed by atoms with Gasteiger partial charge in [0.25, 0.3) is 0 Å². The summed E-state index contributed by atoms with van der Waals surface area (Å²) in [5.41, 5.74) is 4.19. The third-order valence-electron chi connectivity index (χ3n) is 3.94. The second-order valence-electron chi connectivity index (χ2n) is 6.08. The highest BCUT2D eigenvalue weighted by molar-refractivity contribution is 5.58. The molecule has 1 heterocycles. The highest BCUT2D eigenvalue weighted by Gasteiger charge is 2.09. The van der Waals surface area contributed by atoms with Gasteiger partial charge < -0.3 is 10.1 Å². The third kappa shape index (κ3) is 4.51. The van der Waals surface area contributed by atoms with Crippen LogP contribution in [-0.4, -0.2) is 9.97 Å². The van der Waals surface area contributed by atoms with Gasteiger partial charge >= 0.3 is 0 Å². The quantitative estimate of drug-likeness (QED) is 0.635. The topological polar surface area (TPSA) is 94.6 Å². The zero-order valence-corrected chi connectivity index (χ0v) is 15.5. The third-order valence-corrected chi connectivity index (χ3v) is 3.94. The number of aryl methyl sites for hydroxylation is 2. The van der Waals surface area contributed by atoms with E-state index < -0.39 is 0 Å². The van der Waals surface area contributed by atoms with Crippen LogP contribution >= 0.6 is 0 Å². The number of nitrogens with zero attached hydrogens (tertiary/aromatic N) is 4. The van der Waals surface area contributed by atoms with Crippen molar-refractivity contribution < 1.29 is 4.74 Å². The molecule has 6 nitrogen and oxygen atoms in total. The summed E-state index contributed by atoms with van der Waals surface area (Å²) in [5.74, 6) is 1.53. The predicted octanol–water partition coefficient (Wildman–Crippen LogP) is 5.04. The van der Waals surface area contributed by atoms with Gasteiger partial charge in [-0.25, -0.2) is 4.98 Å². The van der Waals surface area contributed by atoms with Crippen molar-refractivity contribution in [2.24, 2.45) is 0 Å². The summed E-state index contributed by atoms with van der Waals surface area (Å²) in [6.07, 6.45) is 4.82. The molecule has 0 fully saturated rings. The summed E-state index contributed by atoms with van der Waals surface area (Å²) < 4.78 is 5.99. The van der Waals surface area contributed by atoms with E-state index >= 15 is 0 Å². The summed E-state index contributed by atoms with van der Waals surface area (Å²) in [6, 6.07) is 16.7. The van der Waals surface area contributed by atoms with Gasteiger partial charge in [0.05, 0.1) is 17.7 Å². The van der Waals surface area contributed by atoms with Gasteiger partial charge in [-0.1, -0.05) is 0 Å². The minimum absolute atomic E-state index is 0.395. The van der Waals surface area contributed by atoms with Crippen LogP contribution in [0.15, 0.2) is 54.7 Å². The van der Waals surface area contributed by atoms with E-state index in [1.165, 1.54) is 6.08 Å². The Bertz CT molecular complexity index is 1080. The van der Waals surface area contributed by atoms with Crippen molar-refractivity contribution in [2.45, 2.75) is 13.8 Å². The lowest BCUT2D eigenvalue weighted by atomic mass is 10.1. The smallest absolute Gasteiger partial charge is 0.230 e. The number of aromatic nitrogens is 2. The lowest BCUT2D eigenvalue weighted by Gasteiger charge is -2.13. The molecule has 3 aromatic rings. The Hall–Kier alpha value is -4.16. The number of hydrogen-bond acceptors (Lipinski definition) is 6. The molecule has 0 atom stereocenters. The zero-order valence-electron chi connectivity index (χ0n) is 15.5. The number of nitriles is 2. The number of hydrogen-bond donors (Lipinski definition) is 1. The molecule has 0 amide bonds. The molecular formula is C22H17N5O. The molecule has 1 N–H and O–H groups in total. The fourth-order valence-electron chi connectivity index (χ4n) is 2.70. The molecular weight excluding hydrogens is 350 g/mol. The average Bonchev–Trinajstić information content (AvgIpc) is 2.70. The van der Waals surface area contributed by atoms with Gasteiger partial charge in [0.2, 0.25) is 11.8 Å². The van der Waals surface area contributed by atoms with Gasteiger partial charge in [-0.15, -0.1) is 0 Å². The Labute approximate surface area is 163 Å². The van der Waals surface area contributed by atoms with Crippen molar-refractivity contribution in [3.8, 4) is 23.8 Å². The van der Waals surface area contributed by atoms with E-state index in [-0.39, 0.29) is 0 Å². The average molecular weight is 367 g/mol. The summed E-state index contributed by atoms with van der Waals surface area (Å²) in [6.45, 7) is 3.90. The molecule has 0 aliphatic carbocycles. The van der Waals surface area contributed by atoms with E-state index in [2.05, 4.69) is 21.4 Å². The van der Waals surface area contributed by atoms with Gasteiger partial charge in [-0.3, -0.25) is 0 Å². The van der Waals surface area contributed by atoms with Crippen molar-refractivity contribution in [3.63, 3.8) is 0 Å². The highest BCUT2D eigenvalue weighted by atomic mass is 16.5. The molecule has 0 unspecified atom stereocenters. The fraction of sp³-hybridized carbons (Fsp3) is 0.0909. The summed E-state index contributed by atoms with van der Waals surface area (Å²) >= 11 is 0. The van der Waals surface area contributed by atoms with Crippen LogP contribution in [0.2, 0.25) is 0 Å². The molecule has 28 heavy (non-hydrogen) atoms. The molecule has 0 saturated carbocycles. The lowest BCUT2D eigenvalue weighted by Crippen LogP contribution is -1.99. The molecule has 0 aliphatic heterocycles. The van der Waals surface area contributed by atoms with Crippen LogP contribution in [0.1, 0.15) is 22.3 Å². The first-order valence-electron chi connectivity index (χ1n) is 8.54. The molecule has 3 rings (SSSR count). The molecule has 136 valence electrons. The Balaban J connectivity index is 1.80. The maximum Gasteiger partial charge on any atom is 0.230 e. The maximum atomic E-state index is 8.87. The van der Waals surface area contributed by atoms with Crippen molar-refractivity contribution in [2.75, 3.05) is 5.32 Å². The minimum atomic E-state index is 0.395. The summed E-state index contributed by atoms with van der Waals surface area (Å²) in [5, 5.41) is 20.6. The van der Waals surface area contributed by atoms with E-state index in [1.807, 2.05) is 32.0 Å². The first-order chi connectivity index (χ1) is 13.6. The van der Waals surface area contributed by atoms with Crippen molar-refractivity contribution in [3.05, 3.63) is 77.0 Å². The van der Waals surface area contributed by atoms with Crippen LogP contribution < -0.4 is 10.1 Å². The van der Waals surface area contributed by atoms with Gasteiger partial charge in [-0.05, 0) is 73.0 Å². The van der Waals surface area contributed by atoms with E-state index in [0.29, 0.717) is 17.4 Å². The van der Waals surface area contributed by atoms with Crippen LogP contribution in [0.4, 0.5) is 11.6 Å². The number of rotatable bonds is 5. The van der Waals surface area contributed by atoms with Crippen molar-refractivity contribution in [1.29, 1.82) is 10.5 Å². The monoisotopic (exact) mass is 367 g/mol. The van der Waals surface area contributed by atoms with Gasteiger partial charge in [0.1, 0.15) is 5.75 Å². The molecule has 0 bridgehead atoms. The van der Waals surface area contributed by atoms with Gasteiger partial charge in [0, 0.05) is 24.0 Å². The molecule has 0 aliphatic rings. The first kappa shape index (κ1) is 18.6. The van der Waals surface area contributed by atoms with Crippen LogP contribution in [0, 0.1) is 36.5 Å². The van der Waals surface area contributed by atoms with Gasteiger partial charge in [-0.2, -0.15) is 15.5 Å². The molecule has 0 saturated heterocycles. The van der Waals surface area contributed by atoms with Gasteiger partial charge in [0.15, 0.2) is 0 Å². The number of allylic oxidation sites excluding steroid dienone is 1. The second kappa shape index (κ2) is 8.48. The molecule has 0 spiro atoms. The number of benzene rings is 2. The van der Waals surface area contributed by atoms with Crippen LogP contribution in [0.3, 0.4) is 0 Å². The van der Waals surface area contributed by atoms with E-state index in [4.69, 9.17) is 15.3 Å². The van der Waals surface area contributed by atoms with Crippen molar-refractivity contribution in [1.82, 2.24) is 9.97 Å². The fourth-order valence-corrected chi connectivity index (χ4v) is 2.70. The standard InChI is InChI=1S/C22H17N5O/c1-15-12-18(4-3-10-23)13-16(2)21(15)28-20-9-11-25-22(27-20)26-19-7-5-17(14-24)6-8-19/h3-9,11-13H,1-2H3,(H,25,26,27)/b4-3+. The molecule has 0 radical (unpaired) electrons. The van der Waals surface area contributed by atoms with E-state index in [0.717, 1.165) is 28.1 Å². The molecule has 6 heteroatoms. The predicted molar refractivity (Wildman–Crippen MR) is 107 cm³/mol. The zero-order chi connectivity index (χ0) is 19.9. The van der Waals surface area contributed by atoms with Crippen molar-refractivity contribution >= 4 is 17.7 Å². The number of ether oxygens (including phenoxy) is 1. The SMILES string of the molecule is Cc1cc(/C=C/C#N)cc(C)c1Oc1ccnc(Nc2ccc(C#N)cc2)n1. The van der Waals surface area contributed by atoms with E-state index in [1.54, 1.807) is 42.6 Å². The number of anilines is 2. The first-order valence-corrected chi connectivity index (χ1v) is 8.54. The van der Waals surface area contributed by atoms with Crippen LogP contribution in [-0.2, 0) is 0 Å².